The van der Waals surface area contributed by atoms with E-state index in [0.717, 1.165) is 15.5 Å². The van der Waals surface area contributed by atoms with E-state index in [1.807, 2.05) is 61.5 Å². The molecule has 0 unspecified atom stereocenters. The number of carbonyl (C=O) groups excluding carboxylic acids is 2. The molecule has 0 atom stereocenters. The summed E-state index contributed by atoms with van der Waals surface area (Å²) in [6.45, 7) is 1.81. The maximum atomic E-state index is 14.3. The van der Waals surface area contributed by atoms with Crippen LogP contribution < -0.4 is 14.4 Å². The lowest BCUT2D eigenvalue weighted by molar-refractivity contribution is -0.577. The number of hydrogen-bond donors (Lipinski definition) is 1. The normalized spacial score (nSPS) is 12.2. The molecule has 1 N–H and O–H groups in total. The van der Waals surface area contributed by atoms with Gasteiger partial charge in [0.1, 0.15) is 5.57 Å². The highest BCUT2D eigenvalue weighted by Gasteiger charge is 2.35. The molecule has 0 spiro atoms. The molecule has 2 aromatic carbocycles. The van der Waals surface area contributed by atoms with E-state index in [9.17, 15) is 9.59 Å². The molecule has 0 saturated carbocycles. The molecule has 1 aliphatic rings. The SMILES string of the molecule is CCOC(=O)C(=C=N)/C=C(/C(=O)N1c2ccccc2Sc2ccc(Cl)cc21)[n+]1ccc(N(C)C)cc1. The molecule has 7 nitrogen and oxygen atoms in total. The van der Waals surface area contributed by atoms with Crippen LogP contribution in [0.5, 0.6) is 0 Å². The fourth-order valence-corrected chi connectivity index (χ4v) is 4.88. The number of para-hydroxylation sites is 1. The molecular formula is C27H24ClN4O3S+. The van der Waals surface area contributed by atoms with Gasteiger partial charge < -0.3 is 9.64 Å². The van der Waals surface area contributed by atoms with Crippen molar-refractivity contribution in [3.05, 3.63) is 83.7 Å². The summed E-state index contributed by atoms with van der Waals surface area (Å²) in [6, 6.07) is 16.7. The highest BCUT2D eigenvalue weighted by Crippen LogP contribution is 2.49. The number of fused-ring (bicyclic) bond motifs is 2. The number of nitrogens with one attached hydrogen (secondary N) is 1. The fourth-order valence-electron chi connectivity index (χ4n) is 3.68. The van der Waals surface area contributed by atoms with Crippen LogP contribution in [0.25, 0.3) is 5.70 Å². The standard InChI is InChI=1S/C27H24ClN4O3S/c1-4-35-27(34)18(17-29)15-23(31-13-11-20(12-14-31)30(2)3)26(33)32-21-7-5-6-8-24(21)36-25-10-9-19(28)16-22(25)32/h5-16,29H,4H2,1-3H3/q+1/b23-15-. The number of carbonyl (C=O) groups is 2. The Balaban J connectivity index is 1.91. The molecule has 0 radical (unpaired) electrons. The topological polar surface area (TPSA) is 77.6 Å². The minimum Gasteiger partial charge on any atom is -0.462 e. The number of anilines is 3. The van der Waals surface area contributed by atoms with Crippen molar-refractivity contribution >= 4 is 63.9 Å². The summed E-state index contributed by atoms with van der Waals surface area (Å²) in [7, 11) is 3.84. The van der Waals surface area contributed by atoms with Gasteiger partial charge in [0, 0.05) is 52.8 Å². The van der Waals surface area contributed by atoms with E-state index < -0.39 is 11.9 Å². The summed E-state index contributed by atoms with van der Waals surface area (Å²) in [5.74, 6) is 0.974. The number of hydrogen-bond acceptors (Lipinski definition) is 6. The van der Waals surface area contributed by atoms with Gasteiger partial charge in [-0.3, -0.25) is 15.1 Å². The van der Waals surface area contributed by atoms with Gasteiger partial charge >= 0.3 is 11.9 Å². The first-order valence-corrected chi connectivity index (χ1v) is 12.3. The summed E-state index contributed by atoms with van der Waals surface area (Å²) in [5, 5.41) is 8.16. The lowest BCUT2D eigenvalue weighted by Crippen LogP contribution is -2.42. The average Bonchev–Trinajstić information content (AvgIpc) is 2.88. The van der Waals surface area contributed by atoms with Gasteiger partial charge in [0.15, 0.2) is 12.4 Å². The Morgan fingerprint density at radius 1 is 1.11 bits per heavy atom. The van der Waals surface area contributed by atoms with Crippen molar-refractivity contribution in [3.63, 3.8) is 0 Å². The highest BCUT2D eigenvalue weighted by atomic mass is 35.5. The van der Waals surface area contributed by atoms with Crippen molar-refractivity contribution in [2.45, 2.75) is 16.7 Å². The minimum absolute atomic E-state index is 0.133. The van der Waals surface area contributed by atoms with Crippen molar-refractivity contribution in [2.75, 3.05) is 30.5 Å². The van der Waals surface area contributed by atoms with Crippen molar-refractivity contribution in [2.24, 2.45) is 0 Å². The van der Waals surface area contributed by atoms with E-state index in [-0.39, 0.29) is 17.9 Å². The summed E-state index contributed by atoms with van der Waals surface area (Å²) in [6.07, 6.45) is 4.79. The molecule has 1 aliphatic heterocycles. The molecule has 0 saturated heterocycles. The second-order valence-corrected chi connectivity index (χ2v) is 9.49. The molecule has 36 heavy (non-hydrogen) atoms. The molecule has 2 heterocycles. The van der Waals surface area contributed by atoms with E-state index in [1.165, 1.54) is 6.08 Å². The van der Waals surface area contributed by atoms with Gasteiger partial charge in [-0.1, -0.05) is 35.5 Å². The zero-order valence-electron chi connectivity index (χ0n) is 20.0. The molecule has 1 aromatic heterocycles. The quantitative estimate of drug-likeness (QED) is 0.161. The number of halogens is 1. The van der Waals surface area contributed by atoms with Crippen molar-refractivity contribution in [1.29, 1.82) is 5.41 Å². The number of pyridine rings is 1. The summed E-state index contributed by atoms with van der Waals surface area (Å²) < 4.78 is 6.68. The van der Waals surface area contributed by atoms with E-state index >= 15 is 0 Å². The molecule has 0 aliphatic carbocycles. The molecule has 9 heteroatoms. The van der Waals surface area contributed by atoms with E-state index in [1.54, 1.807) is 52.7 Å². The highest BCUT2D eigenvalue weighted by molar-refractivity contribution is 7.99. The molecule has 0 fully saturated rings. The van der Waals surface area contributed by atoms with E-state index in [2.05, 4.69) is 5.87 Å². The summed E-state index contributed by atoms with van der Waals surface area (Å²) in [4.78, 5) is 32.1. The number of aromatic nitrogens is 1. The van der Waals surface area contributed by atoms with Gasteiger partial charge in [-0.2, -0.15) is 4.57 Å². The van der Waals surface area contributed by atoms with Crippen LogP contribution in [0.15, 0.2) is 88.4 Å². The third kappa shape index (κ3) is 5.06. The summed E-state index contributed by atoms with van der Waals surface area (Å²) in [5.41, 5.74) is 2.22. The zero-order chi connectivity index (χ0) is 25.8. The first kappa shape index (κ1) is 25.3. The lowest BCUT2D eigenvalue weighted by atomic mass is 10.1. The minimum atomic E-state index is -0.735. The maximum Gasteiger partial charge on any atom is 0.347 e. The van der Waals surface area contributed by atoms with Crippen LogP contribution in [-0.4, -0.2) is 38.4 Å². The molecule has 4 rings (SSSR count). The molecule has 0 bridgehead atoms. The first-order valence-electron chi connectivity index (χ1n) is 11.1. The second kappa shape index (κ2) is 10.8. The Kier molecular flexibility index (Phi) is 7.60. The molecule has 1 amide bonds. The Hall–Kier alpha value is -3.84. The van der Waals surface area contributed by atoms with E-state index in [0.29, 0.717) is 16.4 Å². The predicted molar refractivity (Wildman–Crippen MR) is 142 cm³/mol. The first-order chi connectivity index (χ1) is 17.3. The molecular weight excluding hydrogens is 496 g/mol. The number of rotatable bonds is 6. The van der Waals surface area contributed by atoms with Crippen LogP contribution in [0.3, 0.4) is 0 Å². The van der Waals surface area contributed by atoms with Crippen LogP contribution in [0.4, 0.5) is 17.1 Å². The average molecular weight is 520 g/mol. The summed E-state index contributed by atoms with van der Waals surface area (Å²) >= 11 is 7.88. The smallest absolute Gasteiger partial charge is 0.347 e. The second-order valence-electron chi connectivity index (χ2n) is 7.97. The van der Waals surface area contributed by atoms with Crippen LogP contribution in [0.2, 0.25) is 5.02 Å². The lowest BCUT2D eigenvalue weighted by Gasteiger charge is -2.30. The third-order valence-electron chi connectivity index (χ3n) is 5.43. The molecule has 182 valence electrons. The number of benzene rings is 2. The van der Waals surface area contributed by atoms with Gasteiger partial charge in [-0.25, -0.2) is 4.79 Å². The largest absolute Gasteiger partial charge is 0.462 e. The Morgan fingerprint density at radius 2 is 1.81 bits per heavy atom. The maximum absolute atomic E-state index is 14.3. The number of esters is 1. The number of nitrogens with zero attached hydrogens (tertiary/aromatic N) is 3. The third-order valence-corrected chi connectivity index (χ3v) is 6.79. The van der Waals surface area contributed by atoms with Gasteiger partial charge in [0.2, 0.25) is 0 Å². The van der Waals surface area contributed by atoms with Crippen molar-refractivity contribution in [3.8, 4) is 0 Å². The van der Waals surface area contributed by atoms with Crippen LogP contribution >= 0.6 is 23.4 Å². The van der Waals surface area contributed by atoms with Crippen LogP contribution in [0.1, 0.15) is 6.92 Å². The Morgan fingerprint density at radius 3 is 2.47 bits per heavy atom. The number of amides is 1. The number of ether oxygens (including phenoxy) is 1. The van der Waals surface area contributed by atoms with Crippen LogP contribution in [0, 0.1) is 5.41 Å². The van der Waals surface area contributed by atoms with Gasteiger partial charge in [-0.05, 0) is 43.1 Å². The van der Waals surface area contributed by atoms with Crippen LogP contribution in [-0.2, 0) is 14.3 Å². The van der Waals surface area contributed by atoms with Gasteiger partial charge in [-0.15, -0.1) is 0 Å². The van der Waals surface area contributed by atoms with Gasteiger partial charge in [0.05, 0.1) is 18.0 Å². The van der Waals surface area contributed by atoms with Gasteiger partial charge in [0.25, 0.3) is 5.70 Å². The monoisotopic (exact) mass is 519 g/mol. The molecule has 3 aromatic rings. The zero-order valence-corrected chi connectivity index (χ0v) is 21.6. The Bertz CT molecular complexity index is 1410. The Labute approximate surface area is 218 Å². The van der Waals surface area contributed by atoms with Crippen molar-refractivity contribution in [1.82, 2.24) is 0 Å². The van der Waals surface area contributed by atoms with E-state index in [4.69, 9.17) is 21.7 Å². The fraction of sp³-hybridized carbons (Fsp3) is 0.148. The van der Waals surface area contributed by atoms with Crippen molar-refractivity contribution < 1.29 is 18.9 Å². The predicted octanol–water partition coefficient (Wildman–Crippen LogP) is 5.10.